The summed E-state index contributed by atoms with van der Waals surface area (Å²) in [6.45, 7) is 2.54. The molecule has 124 valence electrons. The molecule has 0 saturated heterocycles. The highest BCUT2D eigenvalue weighted by atomic mass is 35.5. The number of rotatable bonds is 3. The van der Waals surface area contributed by atoms with E-state index in [-0.39, 0.29) is 0 Å². The molecule has 3 nitrogen and oxygen atoms in total. The number of benzene rings is 2. The normalized spacial score (nSPS) is 16.3. The molecule has 2 aromatic carbocycles. The summed E-state index contributed by atoms with van der Waals surface area (Å²) < 4.78 is 2.28. The van der Waals surface area contributed by atoms with Crippen LogP contribution in [0.5, 0.6) is 0 Å². The van der Waals surface area contributed by atoms with Crippen LogP contribution < -0.4 is 0 Å². The average molecular weight is 341 g/mol. The molecule has 1 aliphatic heterocycles. The minimum Gasteiger partial charge on any atom is -0.387 e. The molecule has 4 heteroatoms. The standard InChI is InChI=1S/C20H21ClN2O/c1-22-10-9-19-17(12-22)16-11-15(21)7-8-18(16)23(19)13-20(24)14-5-3-2-4-6-14/h2-8,11,20,24H,9-10,12-13H2,1H3. The van der Waals surface area contributed by atoms with Crippen molar-refractivity contribution in [3.05, 3.63) is 70.4 Å². The van der Waals surface area contributed by atoms with Gasteiger partial charge in [-0.25, -0.2) is 0 Å². The van der Waals surface area contributed by atoms with Crippen LogP contribution in [0.3, 0.4) is 0 Å². The molecule has 24 heavy (non-hydrogen) atoms. The molecule has 0 bridgehead atoms. The predicted molar refractivity (Wildman–Crippen MR) is 98.4 cm³/mol. The van der Waals surface area contributed by atoms with Gasteiger partial charge in [0.25, 0.3) is 0 Å². The molecule has 0 amide bonds. The monoisotopic (exact) mass is 340 g/mol. The van der Waals surface area contributed by atoms with Gasteiger partial charge in [0, 0.05) is 41.1 Å². The smallest absolute Gasteiger partial charge is 0.0969 e. The fourth-order valence-electron chi connectivity index (χ4n) is 3.72. The van der Waals surface area contributed by atoms with E-state index in [1.165, 1.54) is 16.6 Å². The van der Waals surface area contributed by atoms with E-state index >= 15 is 0 Å². The zero-order chi connectivity index (χ0) is 16.7. The second kappa shape index (κ2) is 6.25. The molecular weight excluding hydrogens is 320 g/mol. The molecule has 2 heterocycles. The summed E-state index contributed by atoms with van der Waals surface area (Å²) in [7, 11) is 2.15. The molecule has 1 atom stereocenters. The van der Waals surface area contributed by atoms with Crippen molar-refractivity contribution in [2.75, 3.05) is 13.6 Å². The highest BCUT2D eigenvalue weighted by Crippen LogP contribution is 2.33. The molecule has 0 aliphatic carbocycles. The van der Waals surface area contributed by atoms with Gasteiger partial charge in [0.05, 0.1) is 12.6 Å². The van der Waals surface area contributed by atoms with Crippen molar-refractivity contribution < 1.29 is 5.11 Å². The van der Waals surface area contributed by atoms with Crippen molar-refractivity contribution in [2.24, 2.45) is 0 Å². The van der Waals surface area contributed by atoms with Crippen molar-refractivity contribution in [2.45, 2.75) is 25.6 Å². The van der Waals surface area contributed by atoms with Gasteiger partial charge in [0.2, 0.25) is 0 Å². The Morgan fingerprint density at radius 1 is 1.17 bits per heavy atom. The minimum atomic E-state index is -0.513. The van der Waals surface area contributed by atoms with E-state index in [0.29, 0.717) is 6.54 Å². The SMILES string of the molecule is CN1CCc2c(c3cc(Cl)ccc3n2CC(O)c2ccccc2)C1. The van der Waals surface area contributed by atoms with Crippen LogP contribution in [0.1, 0.15) is 22.9 Å². The van der Waals surface area contributed by atoms with Gasteiger partial charge in [-0.2, -0.15) is 0 Å². The average Bonchev–Trinajstić information content (AvgIpc) is 2.88. The Labute approximate surface area is 147 Å². The largest absolute Gasteiger partial charge is 0.387 e. The second-order valence-corrected chi connectivity index (χ2v) is 7.05. The van der Waals surface area contributed by atoms with Gasteiger partial charge >= 0.3 is 0 Å². The first-order valence-electron chi connectivity index (χ1n) is 8.34. The van der Waals surface area contributed by atoms with Gasteiger partial charge in [-0.05, 0) is 36.4 Å². The summed E-state index contributed by atoms with van der Waals surface area (Å²) in [5.41, 5.74) is 4.80. The van der Waals surface area contributed by atoms with E-state index < -0.39 is 6.10 Å². The van der Waals surface area contributed by atoms with Gasteiger partial charge in [-0.15, -0.1) is 0 Å². The zero-order valence-electron chi connectivity index (χ0n) is 13.7. The highest BCUT2D eigenvalue weighted by Gasteiger charge is 2.23. The summed E-state index contributed by atoms with van der Waals surface area (Å²) in [5, 5.41) is 12.7. The van der Waals surface area contributed by atoms with Crippen LogP contribution in [0, 0.1) is 0 Å². The van der Waals surface area contributed by atoms with Gasteiger partial charge in [-0.3, -0.25) is 0 Å². The minimum absolute atomic E-state index is 0.513. The van der Waals surface area contributed by atoms with Crippen molar-refractivity contribution in [1.82, 2.24) is 9.47 Å². The first-order valence-corrected chi connectivity index (χ1v) is 8.72. The molecule has 1 unspecified atom stereocenters. The Hall–Kier alpha value is -1.81. The van der Waals surface area contributed by atoms with Crippen LogP contribution in [0.15, 0.2) is 48.5 Å². The number of halogens is 1. The van der Waals surface area contributed by atoms with Crippen molar-refractivity contribution in [3.8, 4) is 0 Å². The van der Waals surface area contributed by atoms with E-state index in [1.807, 2.05) is 36.4 Å². The molecule has 0 fully saturated rings. The first kappa shape index (κ1) is 15.7. The maximum absolute atomic E-state index is 10.7. The van der Waals surface area contributed by atoms with Gasteiger partial charge < -0.3 is 14.6 Å². The Balaban J connectivity index is 1.80. The molecule has 1 N–H and O–H groups in total. The number of nitrogens with zero attached hydrogens (tertiary/aromatic N) is 2. The first-order chi connectivity index (χ1) is 11.6. The summed E-state index contributed by atoms with van der Waals surface area (Å²) in [4.78, 5) is 2.33. The molecule has 0 spiro atoms. The molecule has 1 aromatic heterocycles. The number of aromatic nitrogens is 1. The van der Waals surface area contributed by atoms with Crippen LogP contribution in [-0.4, -0.2) is 28.2 Å². The van der Waals surface area contributed by atoms with Crippen molar-refractivity contribution in [3.63, 3.8) is 0 Å². The molecular formula is C20H21ClN2O. The number of hydrogen-bond acceptors (Lipinski definition) is 2. The maximum atomic E-state index is 10.7. The summed E-state index contributed by atoms with van der Waals surface area (Å²) in [5.74, 6) is 0. The van der Waals surface area contributed by atoms with Crippen molar-refractivity contribution >= 4 is 22.5 Å². The van der Waals surface area contributed by atoms with E-state index in [0.717, 1.165) is 35.6 Å². The number of aliphatic hydroxyl groups excluding tert-OH is 1. The Morgan fingerprint density at radius 3 is 2.75 bits per heavy atom. The lowest BCUT2D eigenvalue weighted by molar-refractivity contribution is 0.156. The number of hydrogen-bond donors (Lipinski definition) is 1. The molecule has 1 aliphatic rings. The molecule has 0 radical (unpaired) electrons. The third-order valence-electron chi connectivity index (χ3n) is 4.95. The Kier molecular flexibility index (Phi) is 4.09. The number of likely N-dealkylation sites (N-methyl/N-ethyl adjacent to an activating group) is 1. The van der Waals surface area contributed by atoms with E-state index in [4.69, 9.17) is 11.6 Å². The fourth-order valence-corrected chi connectivity index (χ4v) is 3.89. The van der Waals surface area contributed by atoms with Crippen LogP contribution in [0.2, 0.25) is 5.02 Å². The van der Waals surface area contributed by atoms with E-state index in [9.17, 15) is 5.11 Å². The van der Waals surface area contributed by atoms with Crippen LogP contribution >= 0.6 is 11.6 Å². The number of aliphatic hydroxyl groups is 1. The maximum Gasteiger partial charge on any atom is 0.0969 e. The lowest BCUT2D eigenvalue weighted by Crippen LogP contribution is -2.27. The third kappa shape index (κ3) is 2.73. The summed E-state index contributed by atoms with van der Waals surface area (Å²) in [6.07, 6.45) is 0.487. The lowest BCUT2D eigenvalue weighted by Gasteiger charge is -2.25. The van der Waals surface area contributed by atoms with Crippen LogP contribution in [0.4, 0.5) is 0 Å². The Bertz CT molecular complexity index is 872. The fraction of sp³-hybridized carbons (Fsp3) is 0.300. The van der Waals surface area contributed by atoms with Gasteiger partial charge in [-0.1, -0.05) is 41.9 Å². The summed E-state index contributed by atoms with van der Waals surface area (Å²) in [6, 6.07) is 15.9. The zero-order valence-corrected chi connectivity index (χ0v) is 14.5. The summed E-state index contributed by atoms with van der Waals surface area (Å²) >= 11 is 6.24. The van der Waals surface area contributed by atoms with E-state index in [2.05, 4.69) is 28.6 Å². The quantitative estimate of drug-likeness (QED) is 0.780. The molecule has 0 saturated carbocycles. The number of fused-ring (bicyclic) bond motifs is 3. The van der Waals surface area contributed by atoms with Crippen molar-refractivity contribution in [1.29, 1.82) is 0 Å². The van der Waals surface area contributed by atoms with Gasteiger partial charge in [0.15, 0.2) is 0 Å². The van der Waals surface area contributed by atoms with Crippen LogP contribution in [-0.2, 0) is 19.5 Å². The lowest BCUT2D eigenvalue weighted by atomic mass is 10.0. The topological polar surface area (TPSA) is 28.4 Å². The van der Waals surface area contributed by atoms with Crippen LogP contribution in [0.25, 0.3) is 10.9 Å². The third-order valence-corrected chi connectivity index (χ3v) is 5.18. The highest BCUT2D eigenvalue weighted by molar-refractivity contribution is 6.31. The van der Waals surface area contributed by atoms with E-state index in [1.54, 1.807) is 0 Å². The van der Waals surface area contributed by atoms with Gasteiger partial charge in [0.1, 0.15) is 0 Å². The second-order valence-electron chi connectivity index (χ2n) is 6.61. The molecule has 4 rings (SSSR count). The Morgan fingerprint density at radius 2 is 1.96 bits per heavy atom. The predicted octanol–water partition coefficient (Wildman–Crippen LogP) is 4.02. The molecule has 3 aromatic rings.